The minimum Gasteiger partial charge on any atom is -0.465 e. The number of hydrogen-bond donors (Lipinski definition) is 0. The van der Waals surface area contributed by atoms with E-state index in [0.717, 1.165) is 19.3 Å². The van der Waals surface area contributed by atoms with Gasteiger partial charge >= 0.3 is 5.97 Å². The standard InChI is InChI=1S/C20H30N2O5S/c1-5-27-19(23)14-21(15(2)3)20(24)17-10-8-11-18(13-17)28(25,26)22-12-7-6-9-16(22)4/h8,10-11,13,15-16H,5-7,9,12,14H2,1-4H3. The molecule has 2 rings (SSSR count). The van der Waals surface area contributed by atoms with Crippen molar-refractivity contribution in [2.75, 3.05) is 19.7 Å². The molecule has 1 aliphatic heterocycles. The zero-order valence-corrected chi connectivity index (χ0v) is 17.9. The number of carbonyl (C=O) groups is 2. The second kappa shape index (κ2) is 9.52. The van der Waals surface area contributed by atoms with Crippen molar-refractivity contribution in [1.82, 2.24) is 9.21 Å². The number of carbonyl (C=O) groups excluding carboxylic acids is 2. The zero-order chi connectivity index (χ0) is 20.9. The third-order valence-corrected chi connectivity index (χ3v) is 6.93. The van der Waals surface area contributed by atoms with Crippen LogP contribution in [0.4, 0.5) is 0 Å². The number of ether oxygens (including phenoxy) is 1. The van der Waals surface area contributed by atoms with Crippen molar-refractivity contribution in [3.63, 3.8) is 0 Å². The van der Waals surface area contributed by atoms with Crippen molar-refractivity contribution in [2.45, 2.75) is 63.9 Å². The number of sulfonamides is 1. The van der Waals surface area contributed by atoms with E-state index in [1.54, 1.807) is 32.9 Å². The number of nitrogens with zero attached hydrogens (tertiary/aromatic N) is 2. The molecular weight excluding hydrogens is 380 g/mol. The van der Waals surface area contributed by atoms with Gasteiger partial charge in [0.15, 0.2) is 0 Å². The van der Waals surface area contributed by atoms with E-state index >= 15 is 0 Å². The lowest BCUT2D eigenvalue weighted by Crippen LogP contribution is -2.42. The molecule has 8 heteroatoms. The Labute approximate surface area is 167 Å². The minimum atomic E-state index is -3.67. The summed E-state index contributed by atoms with van der Waals surface area (Å²) in [6.45, 7) is 7.76. The fraction of sp³-hybridized carbons (Fsp3) is 0.600. The summed E-state index contributed by atoms with van der Waals surface area (Å²) in [5.41, 5.74) is 0.240. The van der Waals surface area contributed by atoms with E-state index in [2.05, 4.69) is 0 Å². The van der Waals surface area contributed by atoms with Gasteiger partial charge in [-0.05, 0) is 58.7 Å². The fourth-order valence-electron chi connectivity index (χ4n) is 3.35. The lowest BCUT2D eigenvalue weighted by atomic mass is 10.1. The molecular formula is C20H30N2O5S. The number of piperidine rings is 1. The minimum absolute atomic E-state index is 0.0610. The van der Waals surface area contributed by atoms with Crippen molar-refractivity contribution in [2.24, 2.45) is 0 Å². The van der Waals surface area contributed by atoms with Gasteiger partial charge in [-0.3, -0.25) is 9.59 Å². The van der Waals surface area contributed by atoms with Gasteiger partial charge in [-0.1, -0.05) is 12.5 Å². The molecule has 0 aromatic heterocycles. The number of benzene rings is 1. The van der Waals surface area contributed by atoms with E-state index in [4.69, 9.17) is 4.74 Å². The smallest absolute Gasteiger partial charge is 0.325 e. The highest BCUT2D eigenvalue weighted by Gasteiger charge is 2.32. The topological polar surface area (TPSA) is 84.0 Å². The first-order valence-electron chi connectivity index (χ1n) is 9.77. The van der Waals surface area contributed by atoms with Crippen LogP contribution in [-0.4, -0.2) is 61.3 Å². The molecule has 1 heterocycles. The highest BCUT2D eigenvalue weighted by Crippen LogP contribution is 2.26. The van der Waals surface area contributed by atoms with Gasteiger partial charge in [0.25, 0.3) is 5.91 Å². The second-order valence-corrected chi connectivity index (χ2v) is 9.21. The van der Waals surface area contributed by atoms with Gasteiger partial charge in [-0.25, -0.2) is 8.42 Å². The Kier molecular flexibility index (Phi) is 7.60. The first kappa shape index (κ1) is 22.4. The van der Waals surface area contributed by atoms with Gasteiger partial charge in [-0.15, -0.1) is 0 Å². The van der Waals surface area contributed by atoms with Crippen LogP contribution in [0, 0.1) is 0 Å². The summed E-state index contributed by atoms with van der Waals surface area (Å²) in [6, 6.07) is 5.75. The van der Waals surface area contributed by atoms with Crippen molar-refractivity contribution in [3.8, 4) is 0 Å². The molecule has 0 bridgehead atoms. The predicted octanol–water partition coefficient (Wildman–Crippen LogP) is 2.66. The van der Waals surface area contributed by atoms with Crippen molar-refractivity contribution in [3.05, 3.63) is 29.8 Å². The lowest BCUT2D eigenvalue weighted by Gasteiger charge is -2.32. The van der Waals surface area contributed by atoms with E-state index in [9.17, 15) is 18.0 Å². The number of rotatable bonds is 7. The maximum Gasteiger partial charge on any atom is 0.325 e. The quantitative estimate of drug-likeness (QED) is 0.645. The van der Waals surface area contributed by atoms with Crippen molar-refractivity contribution < 1.29 is 22.7 Å². The van der Waals surface area contributed by atoms with Crippen LogP contribution in [0.3, 0.4) is 0 Å². The van der Waals surface area contributed by atoms with Crippen LogP contribution in [0.5, 0.6) is 0 Å². The van der Waals surface area contributed by atoms with Crippen LogP contribution in [0.1, 0.15) is 57.3 Å². The van der Waals surface area contributed by atoms with Gasteiger partial charge in [-0.2, -0.15) is 4.31 Å². The van der Waals surface area contributed by atoms with Crippen LogP contribution in [0.2, 0.25) is 0 Å². The molecule has 1 amide bonds. The van der Waals surface area contributed by atoms with Crippen LogP contribution in [-0.2, 0) is 19.6 Å². The molecule has 28 heavy (non-hydrogen) atoms. The number of hydrogen-bond acceptors (Lipinski definition) is 5. The molecule has 7 nitrogen and oxygen atoms in total. The average Bonchev–Trinajstić information content (AvgIpc) is 2.66. The average molecular weight is 411 g/mol. The molecule has 0 spiro atoms. The summed E-state index contributed by atoms with van der Waals surface area (Å²) in [6.07, 6.45) is 2.68. The van der Waals surface area contributed by atoms with E-state index in [1.165, 1.54) is 21.3 Å². The lowest BCUT2D eigenvalue weighted by molar-refractivity contribution is -0.144. The zero-order valence-electron chi connectivity index (χ0n) is 17.1. The highest BCUT2D eigenvalue weighted by molar-refractivity contribution is 7.89. The van der Waals surface area contributed by atoms with Gasteiger partial charge < -0.3 is 9.64 Å². The first-order valence-corrected chi connectivity index (χ1v) is 11.2. The Morgan fingerprint density at radius 1 is 1.29 bits per heavy atom. The predicted molar refractivity (Wildman–Crippen MR) is 106 cm³/mol. The highest BCUT2D eigenvalue weighted by atomic mass is 32.2. The molecule has 0 saturated carbocycles. The van der Waals surface area contributed by atoms with Crippen LogP contribution < -0.4 is 0 Å². The summed E-state index contributed by atoms with van der Waals surface area (Å²) < 4.78 is 32.6. The van der Waals surface area contributed by atoms with Crippen molar-refractivity contribution >= 4 is 21.9 Å². The fourth-order valence-corrected chi connectivity index (χ4v) is 5.10. The maximum absolute atomic E-state index is 13.1. The Hall–Kier alpha value is -1.93. The molecule has 1 fully saturated rings. The van der Waals surface area contributed by atoms with Crippen molar-refractivity contribution in [1.29, 1.82) is 0 Å². The summed E-state index contributed by atoms with van der Waals surface area (Å²) in [4.78, 5) is 26.3. The second-order valence-electron chi connectivity index (χ2n) is 7.32. The maximum atomic E-state index is 13.1. The van der Waals surface area contributed by atoms with Gasteiger partial charge in [0.2, 0.25) is 10.0 Å². The molecule has 0 radical (unpaired) electrons. The molecule has 0 N–H and O–H groups in total. The van der Waals surface area contributed by atoms with Gasteiger partial charge in [0.1, 0.15) is 6.54 Å². The molecule has 1 aromatic rings. The van der Waals surface area contributed by atoms with Crippen LogP contribution in [0.15, 0.2) is 29.2 Å². The normalized spacial score (nSPS) is 18.1. The van der Waals surface area contributed by atoms with E-state index in [-0.39, 0.29) is 35.7 Å². The Morgan fingerprint density at radius 2 is 2.00 bits per heavy atom. The van der Waals surface area contributed by atoms with Crippen LogP contribution >= 0.6 is 0 Å². The summed E-state index contributed by atoms with van der Waals surface area (Å²) in [5.74, 6) is -0.887. The first-order chi connectivity index (χ1) is 13.2. The molecule has 0 aliphatic carbocycles. The Bertz CT molecular complexity index is 807. The number of esters is 1. The third kappa shape index (κ3) is 5.11. The molecule has 156 valence electrons. The van der Waals surface area contributed by atoms with Gasteiger partial charge in [0.05, 0.1) is 11.5 Å². The van der Waals surface area contributed by atoms with Crippen LogP contribution in [0.25, 0.3) is 0 Å². The summed E-state index contributed by atoms with van der Waals surface area (Å²) in [7, 11) is -3.67. The largest absolute Gasteiger partial charge is 0.465 e. The Morgan fingerprint density at radius 3 is 2.61 bits per heavy atom. The summed E-state index contributed by atoms with van der Waals surface area (Å²) >= 11 is 0. The molecule has 1 atom stereocenters. The van der Waals surface area contributed by atoms with E-state index in [1.807, 2.05) is 6.92 Å². The Balaban J connectivity index is 2.30. The van der Waals surface area contributed by atoms with Gasteiger partial charge in [0, 0.05) is 24.2 Å². The molecule has 1 saturated heterocycles. The van der Waals surface area contributed by atoms with E-state index < -0.39 is 21.9 Å². The third-order valence-electron chi connectivity index (χ3n) is 4.92. The monoisotopic (exact) mass is 410 g/mol. The SMILES string of the molecule is CCOC(=O)CN(C(=O)c1cccc(S(=O)(=O)N2CCCCC2C)c1)C(C)C. The molecule has 1 unspecified atom stereocenters. The molecule has 1 aliphatic rings. The number of amides is 1. The summed E-state index contributed by atoms with van der Waals surface area (Å²) in [5, 5.41) is 0. The molecule has 1 aromatic carbocycles. The van der Waals surface area contributed by atoms with E-state index in [0.29, 0.717) is 6.54 Å².